The average Bonchev–Trinajstić information content (AvgIpc) is 2.72. The van der Waals surface area contributed by atoms with E-state index in [-0.39, 0.29) is 33.5 Å². The Balaban J connectivity index is 1.69. The van der Waals surface area contributed by atoms with Gasteiger partial charge in [0.2, 0.25) is 0 Å². The highest BCUT2D eigenvalue weighted by Crippen LogP contribution is 2.10. The van der Waals surface area contributed by atoms with Crippen LogP contribution in [0.3, 0.4) is 0 Å². The molecule has 28 heavy (non-hydrogen) atoms. The van der Waals surface area contributed by atoms with Gasteiger partial charge in [0, 0.05) is 21.9 Å². The molecule has 138 valence electrons. The van der Waals surface area contributed by atoms with Gasteiger partial charge in [-0.3, -0.25) is 0 Å². The third-order valence-electron chi connectivity index (χ3n) is 4.09. The van der Waals surface area contributed by atoms with Gasteiger partial charge < -0.3 is 19.9 Å². The van der Waals surface area contributed by atoms with Crippen molar-refractivity contribution in [3.63, 3.8) is 0 Å². The molecule has 0 radical (unpaired) electrons. The van der Waals surface area contributed by atoms with Crippen molar-refractivity contribution in [2.45, 2.75) is 0 Å². The summed E-state index contributed by atoms with van der Waals surface area (Å²) in [5.74, 6) is 0. The molecule has 0 spiro atoms. The van der Waals surface area contributed by atoms with Crippen molar-refractivity contribution in [1.82, 2.24) is 9.46 Å². The highest BCUT2D eigenvalue weighted by molar-refractivity contribution is 5.84. The van der Waals surface area contributed by atoms with Crippen LogP contribution in [0.4, 0.5) is 0 Å². The molecule has 10 heteroatoms. The molecular weight excluding hydrogens is 364 g/mol. The molecule has 0 amide bonds. The van der Waals surface area contributed by atoms with Crippen LogP contribution in [0.15, 0.2) is 71.1 Å². The zero-order chi connectivity index (χ0) is 19.7. The maximum Gasteiger partial charge on any atom is 0.286 e. The molecule has 0 saturated carbocycles. The monoisotopic (exact) mass is 376 g/mol. The minimum atomic E-state index is -0.0294. The third-order valence-corrected chi connectivity index (χ3v) is 4.09. The summed E-state index contributed by atoms with van der Waals surface area (Å²) in [6, 6.07) is 12.7. The Hall–Kier alpha value is -4.34. The van der Waals surface area contributed by atoms with Crippen molar-refractivity contribution in [3.05, 3.63) is 92.5 Å². The molecule has 0 aliphatic heterocycles. The number of aromatic nitrogens is 4. The quantitative estimate of drug-likeness (QED) is 0.305. The van der Waals surface area contributed by atoms with Crippen LogP contribution in [-0.2, 0) is 0 Å². The van der Waals surface area contributed by atoms with E-state index in [1.54, 1.807) is 24.3 Å². The van der Waals surface area contributed by atoms with E-state index in [4.69, 9.17) is 0 Å². The van der Waals surface area contributed by atoms with E-state index >= 15 is 0 Å². The van der Waals surface area contributed by atoms with E-state index in [1.807, 2.05) is 0 Å². The molecular formula is C18H12N6O4. The second kappa shape index (κ2) is 6.76. The fourth-order valence-electron chi connectivity index (χ4n) is 2.76. The number of nitrogens with zero attached hydrogens (tertiary/aromatic N) is 6. The lowest BCUT2D eigenvalue weighted by atomic mass is 10.3. The van der Waals surface area contributed by atoms with E-state index in [1.165, 1.54) is 24.3 Å². The van der Waals surface area contributed by atoms with Crippen molar-refractivity contribution in [1.29, 1.82) is 0 Å². The molecule has 10 nitrogen and oxygen atoms in total. The van der Waals surface area contributed by atoms with E-state index in [0.29, 0.717) is 18.3 Å². The van der Waals surface area contributed by atoms with E-state index in [2.05, 4.69) is 10.2 Å². The minimum Gasteiger partial charge on any atom is -0.805 e. The van der Waals surface area contributed by atoms with Crippen molar-refractivity contribution in [2.24, 2.45) is 10.2 Å². The lowest BCUT2D eigenvalue weighted by molar-refractivity contribution is -0.464. The summed E-state index contributed by atoms with van der Waals surface area (Å²) < 4.78 is 2.23. The number of rotatable bonds is 3. The fourth-order valence-corrected chi connectivity index (χ4v) is 2.76. The Labute approximate surface area is 156 Å². The van der Waals surface area contributed by atoms with Gasteiger partial charge >= 0.3 is 0 Å². The lowest BCUT2D eigenvalue weighted by Crippen LogP contribution is -2.20. The van der Waals surface area contributed by atoms with Crippen molar-refractivity contribution < 1.29 is 8.85 Å². The molecule has 0 bridgehead atoms. The van der Waals surface area contributed by atoms with Crippen LogP contribution in [0, 0.1) is 20.2 Å². The van der Waals surface area contributed by atoms with Gasteiger partial charge in [0.1, 0.15) is 22.4 Å². The standard InChI is InChI=1S/C18H12N6O4/c25-21-11-13(23(27)17-7-3-1-5-15(17)21)9-19-20-10-14-12-22(26)16-6-2-4-8-18(16)24(14)28/h1-12H/b19-9+,20-10+. The highest BCUT2D eigenvalue weighted by atomic mass is 16.5. The Morgan fingerprint density at radius 1 is 0.714 bits per heavy atom. The van der Waals surface area contributed by atoms with Crippen LogP contribution in [0.1, 0.15) is 11.4 Å². The first kappa shape index (κ1) is 17.1. The topological polar surface area (TPSA) is 127 Å². The van der Waals surface area contributed by atoms with Crippen molar-refractivity contribution >= 4 is 34.5 Å². The van der Waals surface area contributed by atoms with Gasteiger partial charge in [-0.2, -0.15) is 10.2 Å². The summed E-state index contributed by atoms with van der Waals surface area (Å²) in [6.07, 6.45) is 4.32. The highest BCUT2D eigenvalue weighted by Gasteiger charge is 2.11. The molecule has 0 aliphatic rings. The smallest absolute Gasteiger partial charge is 0.286 e. The van der Waals surface area contributed by atoms with Crippen LogP contribution in [0.25, 0.3) is 22.1 Å². The Morgan fingerprint density at radius 3 is 1.54 bits per heavy atom. The van der Waals surface area contributed by atoms with Gasteiger partial charge in [-0.1, -0.05) is 24.3 Å². The second-order valence-electron chi connectivity index (χ2n) is 5.81. The molecule has 0 N–H and O–H groups in total. The van der Waals surface area contributed by atoms with Gasteiger partial charge in [0.05, 0.1) is 21.3 Å². The molecule has 2 heterocycles. The fraction of sp³-hybridized carbons (Fsp3) is 0. The molecule has 0 saturated heterocycles. The van der Waals surface area contributed by atoms with Crippen molar-refractivity contribution in [3.8, 4) is 0 Å². The Morgan fingerprint density at radius 2 is 1.11 bits per heavy atom. The molecule has 0 atom stereocenters. The molecule has 0 aliphatic carbocycles. The summed E-state index contributed by atoms with van der Waals surface area (Å²) in [7, 11) is 0. The predicted octanol–water partition coefficient (Wildman–Crippen LogP) is 1.57. The van der Waals surface area contributed by atoms with Crippen LogP contribution >= 0.6 is 0 Å². The summed E-state index contributed by atoms with van der Waals surface area (Å²) in [4.78, 5) is 24.0. The van der Waals surface area contributed by atoms with Crippen LogP contribution in [-0.4, -0.2) is 21.9 Å². The van der Waals surface area contributed by atoms with Gasteiger partial charge in [0.15, 0.2) is 0 Å². The summed E-state index contributed by atoms with van der Waals surface area (Å²) in [6.45, 7) is 0. The SMILES string of the molecule is O=[n+]1cc(/C=N/N=C/c2c[n+](=O)c3ccccc3n2[O-])n([O-])c2ccccc21. The van der Waals surface area contributed by atoms with E-state index in [0.717, 1.165) is 24.8 Å². The zero-order valence-corrected chi connectivity index (χ0v) is 14.2. The first-order valence-corrected chi connectivity index (χ1v) is 8.11. The number of benzene rings is 2. The summed E-state index contributed by atoms with van der Waals surface area (Å²) in [5, 5.41) is 32.0. The first-order valence-electron chi connectivity index (χ1n) is 8.11. The maximum absolute atomic E-state index is 12.3. The molecule has 2 aromatic heterocycles. The number of para-hydroxylation sites is 4. The minimum absolute atomic E-state index is 0.0294. The molecule has 4 aromatic rings. The molecule has 2 aromatic carbocycles. The van der Waals surface area contributed by atoms with Gasteiger partial charge in [0.25, 0.3) is 23.4 Å². The van der Waals surface area contributed by atoms with Crippen LogP contribution in [0.2, 0.25) is 0 Å². The van der Waals surface area contributed by atoms with E-state index < -0.39 is 0 Å². The van der Waals surface area contributed by atoms with Crippen LogP contribution in [0.5, 0.6) is 0 Å². The molecule has 0 fully saturated rings. The number of fused-ring (bicyclic) bond motifs is 2. The number of hydrogen-bond acceptors (Lipinski definition) is 6. The van der Waals surface area contributed by atoms with Gasteiger partial charge in [-0.25, -0.2) is 0 Å². The Bertz CT molecular complexity index is 1280. The lowest BCUT2D eigenvalue weighted by Gasteiger charge is -2.13. The summed E-state index contributed by atoms with van der Waals surface area (Å²) in [5.41, 5.74) is 0.759. The van der Waals surface area contributed by atoms with Crippen molar-refractivity contribution in [2.75, 3.05) is 0 Å². The van der Waals surface area contributed by atoms with Gasteiger partial charge in [-0.15, -0.1) is 0 Å². The average molecular weight is 376 g/mol. The molecule has 0 unspecified atom stereocenters. The summed E-state index contributed by atoms with van der Waals surface area (Å²) >= 11 is 0. The maximum atomic E-state index is 12.3. The first-order chi connectivity index (χ1) is 13.6. The van der Waals surface area contributed by atoms with Crippen LogP contribution < -0.4 is 8.85 Å². The normalized spacial score (nSPS) is 11.9. The van der Waals surface area contributed by atoms with E-state index in [9.17, 15) is 20.2 Å². The number of hydrogen-bond donors (Lipinski definition) is 0. The molecule has 4 rings (SSSR count). The third kappa shape index (κ3) is 2.88. The second-order valence-corrected chi connectivity index (χ2v) is 5.81. The largest absolute Gasteiger partial charge is 0.805 e. The Kier molecular flexibility index (Phi) is 4.13. The van der Waals surface area contributed by atoms with Gasteiger partial charge in [-0.05, 0) is 12.1 Å². The predicted molar refractivity (Wildman–Crippen MR) is 103 cm³/mol. The zero-order valence-electron chi connectivity index (χ0n) is 14.2.